The Morgan fingerprint density at radius 2 is 1.83 bits per heavy atom. The molecule has 0 saturated carbocycles. The molecule has 2 aromatic rings. The highest BCUT2D eigenvalue weighted by atomic mass is 19.1. The maximum absolute atomic E-state index is 12.7. The number of aromatic nitrogens is 2. The number of nitrogens with zero attached hydrogens (tertiary/aromatic N) is 2. The summed E-state index contributed by atoms with van der Waals surface area (Å²) < 4.78 is 12.7. The fourth-order valence-corrected chi connectivity index (χ4v) is 1.32. The first-order valence-electron chi connectivity index (χ1n) is 5.27. The molecule has 0 aliphatic rings. The Kier molecular flexibility index (Phi) is 3.47. The third-order valence-corrected chi connectivity index (χ3v) is 2.26. The molecule has 0 bridgehead atoms. The molecule has 0 radical (unpaired) electrons. The van der Waals surface area contributed by atoms with Gasteiger partial charge in [-0.3, -0.25) is 4.79 Å². The number of anilines is 2. The molecule has 1 heterocycles. The van der Waals surface area contributed by atoms with E-state index in [2.05, 4.69) is 20.8 Å². The standard InChI is InChI=1S/C12H11FN4O/c1-14-11-7-6-10(16-17-11)12(18)15-9-4-2-8(13)3-5-9/h2-7H,1H3,(H,14,17)(H,15,18). The van der Waals surface area contributed by atoms with Crippen molar-refractivity contribution >= 4 is 17.4 Å². The normalized spacial score (nSPS) is 9.89. The molecule has 18 heavy (non-hydrogen) atoms. The summed E-state index contributed by atoms with van der Waals surface area (Å²) in [6.07, 6.45) is 0. The van der Waals surface area contributed by atoms with E-state index < -0.39 is 5.91 Å². The summed E-state index contributed by atoms with van der Waals surface area (Å²) in [5.41, 5.74) is 0.694. The van der Waals surface area contributed by atoms with Crippen LogP contribution in [0.4, 0.5) is 15.9 Å². The highest BCUT2D eigenvalue weighted by Crippen LogP contribution is 2.10. The van der Waals surface area contributed by atoms with Crippen LogP contribution in [-0.2, 0) is 0 Å². The molecule has 2 N–H and O–H groups in total. The van der Waals surface area contributed by atoms with Crippen LogP contribution in [0.25, 0.3) is 0 Å². The van der Waals surface area contributed by atoms with Crippen LogP contribution >= 0.6 is 0 Å². The summed E-state index contributed by atoms with van der Waals surface area (Å²) in [7, 11) is 1.71. The maximum atomic E-state index is 12.7. The van der Waals surface area contributed by atoms with Crippen molar-refractivity contribution in [1.29, 1.82) is 0 Å². The average Bonchev–Trinajstić information content (AvgIpc) is 2.41. The zero-order chi connectivity index (χ0) is 13.0. The number of hydrogen-bond donors (Lipinski definition) is 2. The minimum Gasteiger partial charge on any atom is -0.372 e. The van der Waals surface area contributed by atoms with Crippen LogP contribution in [0.5, 0.6) is 0 Å². The second-order valence-corrected chi connectivity index (χ2v) is 3.51. The molecule has 0 unspecified atom stereocenters. The van der Waals surface area contributed by atoms with Crippen LogP contribution in [0, 0.1) is 5.82 Å². The number of carbonyl (C=O) groups excluding carboxylic acids is 1. The van der Waals surface area contributed by atoms with Crippen LogP contribution in [0.1, 0.15) is 10.5 Å². The third-order valence-electron chi connectivity index (χ3n) is 2.26. The summed E-state index contributed by atoms with van der Waals surface area (Å²) >= 11 is 0. The Hall–Kier alpha value is -2.50. The van der Waals surface area contributed by atoms with E-state index in [9.17, 15) is 9.18 Å². The van der Waals surface area contributed by atoms with E-state index in [1.54, 1.807) is 19.2 Å². The molecule has 0 aliphatic heterocycles. The van der Waals surface area contributed by atoms with Gasteiger partial charge in [-0.15, -0.1) is 10.2 Å². The predicted octanol–water partition coefficient (Wildman–Crippen LogP) is 1.91. The van der Waals surface area contributed by atoms with Gasteiger partial charge in [0.2, 0.25) is 0 Å². The first kappa shape index (κ1) is 12.0. The van der Waals surface area contributed by atoms with E-state index in [1.807, 2.05) is 0 Å². The van der Waals surface area contributed by atoms with Crippen molar-refractivity contribution in [2.24, 2.45) is 0 Å². The van der Waals surface area contributed by atoms with Crippen molar-refractivity contribution in [1.82, 2.24) is 10.2 Å². The van der Waals surface area contributed by atoms with Crippen LogP contribution in [0.15, 0.2) is 36.4 Å². The van der Waals surface area contributed by atoms with Crippen molar-refractivity contribution in [2.45, 2.75) is 0 Å². The van der Waals surface area contributed by atoms with Gasteiger partial charge < -0.3 is 10.6 Å². The zero-order valence-electron chi connectivity index (χ0n) is 9.64. The molecule has 0 spiro atoms. The SMILES string of the molecule is CNc1ccc(C(=O)Nc2ccc(F)cc2)nn1. The molecule has 0 aliphatic carbocycles. The minimum absolute atomic E-state index is 0.193. The number of benzene rings is 1. The summed E-state index contributed by atoms with van der Waals surface area (Å²) in [6.45, 7) is 0. The average molecular weight is 246 g/mol. The number of rotatable bonds is 3. The van der Waals surface area contributed by atoms with E-state index in [0.717, 1.165) is 0 Å². The van der Waals surface area contributed by atoms with Gasteiger partial charge in [-0.1, -0.05) is 0 Å². The highest BCUT2D eigenvalue weighted by Gasteiger charge is 2.08. The van der Waals surface area contributed by atoms with E-state index in [0.29, 0.717) is 11.5 Å². The van der Waals surface area contributed by atoms with Gasteiger partial charge in [-0.2, -0.15) is 0 Å². The number of hydrogen-bond acceptors (Lipinski definition) is 4. The van der Waals surface area contributed by atoms with Crippen LogP contribution in [0.3, 0.4) is 0 Å². The second-order valence-electron chi connectivity index (χ2n) is 3.51. The second kappa shape index (κ2) is 5.22. The molecule has 1 aromatic heterocycles. The minimum atomic E-state index is -0.392. The highest BCUT2D eigenvalue weighted by molar-refractivity contribution is 6.02. The lowest BCUT2D eigenvalue weighted by atomic mass is 10.3. The Morgan fingerprint density at radius 3 is 2.39 bits per heavy atom. The van der Waals surface area contributed by atoms with Gasteiger partial charge in [0.1, 0.15) is 11.6 Å². The van der Waals surface area contributed by atoms with Gasteiger partial charge in [0.05, 0.1) is 0 Å². The maximum Gasteiger partial charge on any atom is 0.276 e. The molecule has 5 nitrogen and oxygen atoms in total. The Balaban J connectivity index is 2.09. The molecule has 1 amide bonds. The topological polar surface area (TPSA) is 66.9 Å². The lowest BCUT2D eigenvalue weighted by Crippen LogP contribution is -2.14. The van der Waals surface area contributed by atoms with Gasteiger partial charge in [-0.05, 0) is 36.4 Å². The summed E-state index contributed by atoms with van der Waals surface area (Å²) in [5, 5.41) is 13.0. The molecular weight excluding hydrogens is 235 g/mol. The van der Waals surface area contributed by atoms with Crippen LogP contribution < -0.4 is 10.6 Å². The first-order chi connectivity index (χ1) is 8.69. The molecule has 0 saturated heterocycles. The van der Waals surface area contributed by atoms with E-state index in [1.165, 1.54) is 24.3 Å². The van der Waals surface area contributed by atoms with Crippen LogP contribution in [0.2, 0.25) is 0 Å². The lowest BCUT2D eigenvalue weighted by Gasteiger charge is -2.04. The van der Waals surface area contributed by atoms with Crippen molar-refractivity contribution in [2.75, 3.05) is 17.7 Å². The van der Waals surface area contributed by atoms with Gasteiger partial charge in [0, 0.05) is 12.7 Å². The monoisotopic (exact) mass is 246 g/mol. The molecule has 6 heteroatoms. The summed E-state index contributed by atoms with van der Waals surface area (Å²) in [6, 6.07) is 8.69. The van der Waals surface area contributed by atoms with Crippen molar-refractivity contribution in [3.8, 4) is 0 Å². The van der Waals surface area contributed by atoms with Crippen molar-refractivity contribution in [3.63, 3.8) is 0 Å². The number of nitrogens with one attached hydrogen (secondary N) is 2. The van der Waals surface area contributed by atoms with E-state index in [4.69, 9.17) is 0 Å². The largest absolute Gasteiger partial charge is 0.372 e. The quantitative estimate of drug-likeness (QED) is 0.868. The van der Waals surface area contributed by atoms with Gasteiger partial charge in [-0.25, -0.2) is 4.39 Å². The molecule has 1 aromatic carbocycles. The molecular formula is C12H11FN4O. The fraction of sp³-hybridized carbons (Fsp3) is 0.0833. The van der Waals surface area contributed by atoms with E-state index in [-0.39, 0.29) is 11.5 Å². The Bertz CT molecular complexity index is 539. The van der Waals surface area contributed by atoms with E-state index >= 15 is 0 Å². The smallest absolute Gasteiger partial charge is 0.276 e. The zero-order valence-corrected chi connectivity index (χ0v) is 9.64. The Labute approximate surface area is 103 Å². The molecule has 2 rings (SSSR count). The van der Waals surface area contributed by atoms with Gasteiger partial charge in [0.15, 0.2) is 5.69 Å². The first-order valence-corrected chi connectivity index (χ1v) is 5.27. The number of amides is 1. The molecule has 0 fully saturated rings. The lowest BCUT2D eigenvalue weighted by molar-refractivity contribution is 0.102. The van der Waals surface area contributed by atoms with Crippen molar-refractivity contribution in [3.05, 3.63) is 47.9 Å². The molecule has 0 atom stereocenters. The molecule has 92 valence electrons. The van der Waals surface area contributed by atoms with Crippen molar-refractivity contribution < 1.29 is 9.18 Å². The fourth-order valence-electron chi connectivity index (χ4n) is 1.32. The summed E-state index contributed by atoms with van der Waals surface area (Å²) in [5.74, 6) is -0.170. The Morgan fingerprint density at radius 1 is 1.11 bits per heavy atom. The number of halogens is 1. The van der Waals surface area contributed by atoms with Gasteiger partial charge >= 0.3 is 0 Å². The summed E-state index contributed by atoms with van der Waals surface area (Å²) in [4.78, 5) is 11.8. The third kappa shape index (κ3) is 2.79. The van der Waals surface area contributed by atoms with Crippen LogP contribution in [-0.4, -0.2) is 23.2 Å². The predicted molar refractivity (Wildman–Crippen MR) is 65.9 cm³/mol. The number of carbonyl (C=O) groups is 1. The van der Waals surface area contributed by atoms with Gasteiger partial charge in [0.25, 0.3) is 5.91 Å².